The molecule has 0 radical (unpaired) electrons. The van der Waals surface area contributed by atoms with Crippen molar-refractivity contribution in [1.29, 1.82) is 0 Å². The SMILES string of the molecule is CC12CCC(CC1=NN=C1CC3CCC1(C)C3(C)C)C2(C)C. The Morgan fingerprint density at radius 3 is 1.27 bits per heavy atom. The van der Waals surface area contributed by atoms with E-state index in [1.165, 1.54) is 49.9 Å². The Morgan fingerprint density at radius 2 is 1.05 bits per heavy atom. The van der Waals surface area contributed by atoms with Gasteiger partial charge in [-0.2, -0.15) is 10.2 Å². The Morgan fingerprint density at radius 1 is 0.682 bits per heavy atom. The van der Waals surface area contributed by atoms with E-state index in [9.17, 15) is 0 Å². The molecule has 4 aliphatic carbocycles. The zero-order valence-electron chi connectivity index (χ0n) is 15.3. The zero-order valence-corrected chi connectivity index (χ0v) is 15.3. The molecule has 0 aromatic heterocycles. The van der Waals surface area contributed by atoms with E-state index in [1.807, 2.05) is 0 Å². The molecule has 4 unspecified atom stereocenters. The van der Waals surface area contributed by atoms with Gasteiger partial charge in [-0.1, -0.05) is 41.5 Å². The molecule has 4 atom stereocenters. The maximum Gasteiger partial charge on any atom is 0.0473 e. The molecule has 0 aromatic rings. The van der Waals surface area contributed by atoms with Crippen LogP contribution in [0.1, 0.15) is 80.1 Å². The molecule has 4 aliphatic rings. The Kier molecular flexibility index (Phi) is 2.74. The molecule has 0 heterocycles. The second-order valence-electron chi connectivity index (χ2n) is 10.1. The van der Waals surface area contributed by atoms with E-state index in [0.717, 1.165) is 11.8 Å². The Bertz CT molecular complexity index is 531. The van der Waals surface area contributed by atoms with Crippen LogP contribution in [0.15, 0.2) is 10.2 Å². The molecule has 2 heteroatoms. The van der Waals surface area contributed by atoms with Crippen LogP contribution in [-0.2, 0) is 0 Å². The summed E-state index contributed by atoms with van der Waals surface area (Å²) in [6, 6.07) is 0. The van der Waals surface area contributed by atoms with Gasteiger partial charge < -0.3 is 0 Å². The summed E-state index contributed by atoms with van der Waals surface area (Å²) in [6.07, 6.45) is 7.74. The Balaban J connectivity index is 1.67. The van der Waals surface area contributed by atoms with Crippen LogP contribution in [0.5, 0.6) is 0 Å². The lowest BCUT2D eigenvalue weighted by molar-refractivity contribution is 0.193. The fourth-order valence-electron chi connectivity index (χ4n) is 6.28. The fourth-order valence-corrected chi connectivity index (χ4v) is 6.28. The first-order chi connectivity index (χ1) is 10.1. The fraction of sp³-hybridized carbons (Fsp3) is 0.900. The maximum atomic E-state index is 4.89. The minimum atomic E-state index is 0.287. The minimum Gasteiger partial charge on any atom is -0.160 e. The first-order valence-corrected chi connectivity index (χ1v) is 9.27. The highest BCUT2D eigenvalue weighted by Gasteiger charge is 2.61. The molecule has 0 N–H and O–H groups in total. The van der Waals surface area contributed by atoms with E-state index >= 15 is 0 Å². The van der Waals surface area contributed by atoms with Crippen molar-refractivity contribution in [2.75, 3.05) is 0 Å². The molecular weight excluding hydrogens is 268 g/mol. The van der Waals surface area contributed by atoms with Crippen molar-refractivity contribution in [3.8, 4) is 0 Å². The van der Waals surface area contributed by atoms with E-state index < -0.39 is 0 Å². The van der Waals surface area contributed by atoms with Gasteiger partial charge in [-0.25, -0.2) is 0 Å². The predicted molar refractivity (Wildman–Crippen MR) is 93.3 cm³/mol. The standard InChI is InChI=1S/C20H32N2/c1-17(2)13-7-9-19(17,5)15(11-13)21-22-16-12-14-8-10-20(16,6)18(14,3)4/h13-14H,7-12H2,1-6H3. The number of hydrogen-bond donors (Lipinski definition) is 0. The maximum absolute atomic E-state index is 4.89. The van der Waals surface area contributed by atoms with Crippen LogP contribution in [-0.4, -0.2) is 11.4 Å². The molecule has 0 aromatic carbocycles. The van der Waals surface area contributed by atoms with E-state index in [0.29, 0.717) is 10.8 Å². The molecular formula is C20H32N2. The zero-order chi connectivity index (χ0) is 16.0. The van der Waals surface area contributed by atoms with E-state index in [1.54, 1.807) is 0 Å². The summed E-state index contributed by atoms with van der Waals surface area (Å²) in [4.78, 5) is 0. The highest BCUT2D eigenvalue weighted by atomic mass is 15.2. The second kappa shape index (κ2) is 4.05. The topological polar surface area (TPSA) is 24.7 Å². The third-order valence-electron chi connectivity index (χ3n) is 9.32. The van der Waals surface area contributed by atoms with Crippen molar-refractivity contribution in [2.24, 2.45) is 43.7 Å². The van der Waals surface area contributed by atoms with Crippen LogP contribution >= 0.6 is 0 Å². The number of hydrogen-bond acceptors (Lipinski definition) is 2. The van der Waals surface area contributed by atoms with Gasteiger partial charge in [0.25, 0.3) is 0 Å². The third kappa shape index (κ3) is 1.48. The molecule has 0 aliphatic heterocycles. The molecule has 0 saturated heterocycles. The quantitative estimate of drug-likeness (QED) is 0.573. The molecule has 4 fully saturated rings. The number of nitrogens with zero attached hydrogens (tertiary/aromatic N) is 2. The van der Waals surface area contributed by atoms with Gasteiger partial charge in [0.05, 0.1) is 0 Å². The summed E-state index contributed by atoms with van der Waals surface area (Å²) in [6.45, 7) is 14.7. The summed E-state index contributed by atoms with van der Waals surface area (Å²) in [5.41, 5.74) is 4.18. The second-order valence-corrected chi connectivity index (χ2v) is 10.1. The summed E-state index contributed by atoms with van der Waals surface area (Å²) in [5.74, 6) is 1.65. The number of rotatable bonds is 1. The molecule has 4 rings (SSSR count). The smallest absolute Gasteiger partial charge is 0.0473 e. The van der Waals surface area contributed by atoms with E-state index in [4.69, 9.17) is 10.2 Å². The summed E-state index contributed by atoms with van der Waals surface area (Å²) in [5, 5.41) is 9.78. The molecule has 22 heavy (non-hydrogen) atoms. The van der Waals surface area contributed by atoms with Crippen LogP contribution in [0.2, 0.25) is 0 Å². The predicted octanol–water partition coefficient (Wildman–Crippen LogP) is 5.48. The molecule has 122 valence electrons. The molecule has 4 saturated carbocycles. The first-order valence-electron chi connectivity index (χ1n) is 9.27. The van der Waals surface area contributed by atoms with Crippen molar-refractivity contribution >= 4 is 11.4 Å². The first kappa shape index (κ1) is 14.9. The molecule has 0 spiro atoms. The van der Waals surface area contributed by atoms with Crippen molar-refractivity contribution in [1.82, 2.24) is 0 Å². The van der Waals surface area contributed by atoms with Gasteiger partial charge in [0, 0.05) is 22.3 Å². The van der Waals surface area contributed by atoms with Gasteiger partial charge in [-0.05, 0) is 61.2 Å². The van der Waals surface area contributed by atoms with Crippen LogP contribution in [0.4, 0.5) is 0 Å². The van der Waals surface area contributed by atoms with Crippen LogP contribution in [0.3, 0.4) is 0 Å². The average molecular weight is 300 g/mol. The van der Waals surface area contributed by atoms with Gasteiger partial charge >= 0.3 is 0 Å². The average Bonchev–Trinajstić information content (AvgIpc) is 2.95. The van der Waals surface area contributed by atoms with Crippen molar-refractivity contribution in [3.05, 3.63) is 0 Å². The summed E-state index contributed by atoms with van der Waals surface area (Å²) >= 11 is 0. The van der Waals surface area contributed by atoms with Crippen molar-refractivity contribution in [3.63, 3.8) is 0 Å². The Hall–Kier alpha value is -0.660. The lowest BCUT2D eigenvalue weighted by Crippen LogP contribution is -2.33. The Labute approximate surface area is 135 Å². The molecule has 0 amide bonds. The minimum absolute atomic E-state index is 0.287. The normalized spacial score (nSPS) is 51.4. The van der Waals surface area contributed by atoms with E-state index in [-0.39, 0.29) is 10.8 Å². The van der Waals surface area contributed by atoms with Gasteiger partial charge in [0.2, 0.25) is 0 Å². The van der Waals surface area contributed by atoms with Gasteiger partial charge in [-0.3, -0.25) is 0 Å². The van der Waals surface area contributed by atoms with Crippen LogP contribution < -0.4 is 0 Å². The highest BCUT2D eigenvalue weighted by Crippen LogP contribution is 2.65. The van der Waals surface area contributed by atoms with Gasteiger partial charge in [0.15, 0.2) is 0 Å². The number of fused-ring (bicyclic) bond motifs is 4. The van der Waals surface area contributed by atoms with E-state index in [2.05, 4.69) is 41.5 Å². The van der Waals surface area contributed by atoms with Crippen molar-refractivity contribution < 1.29 is 0 Å². The highest BCUT2D eigenvalue weighted by molar-refractivity contribution is 5.97. The largest absolute Gasteiger partial charge is 0.160 e. The lowest BCUT2D eigenvalue weighted by Gasteiger charge is -2.35. The monoisotopic (exact) mass is 300 g/mol. The van der Waals surface area contributed by atoms with Crippen LogP contribution in [0.25, 0.3) is 0 Å². The molecule has 4 bridgehead atoms. The molecule has 2 nitrogen and oxygen atoms in total. The van der Waals surface area contributed by atoms with Gasteiger partial charge in [-0.15, -0.1) is 0 Å². The van der Waals surface area contributed by atoms with Crippen molar-refractivity contribution in [2.45, 2.75) is 80.1 Å². The van der Waals surface area contributed by atoms with Gasteiger partial charge in [0.1, 0.15) is 0 Å². The summed E-state index contributed by atoms with van der Waals surface area (Å²) < 4.78 is 0. The lowest BCUT2D eigenvalue weighted by atomic mass is 9.70. The van der Waals surface area contributed by atoms with Crippen LogP contribution in [0, 0.1) is 33.5 Å². The summed E-state index contributed by atoms with van der Waals surface area (Å²) in [7, 11) is 0. The third-order valence-corrected chi connectivity index (χ3v) is 9.32.